The average Bonchev–Trinajstić information content (AvgIpc) is 2.67. The van der Waals surface area contributed by atoms with E-state index in [9.17, 15) is 9.59 Å². The summed E-state index contributed by atoms with van der Waals surface area (Å²) in [4.78, 5) is 27.8. The van der Waals surface area contributed by atoms with Gasteiger partial charge in [0.05, 0.1) is 12.2 Å². The summed E-state index contributed by atoms with van der Waals surface area (Å²) in [5, 5.41) is 0. The first-order valence-electron chi connectivity index (χ1n) is 5.63. The van der Waals surface area contributed by atoms with Crippen molar-refractivity contribution in [2.45, 2.75) is 26.2 Å². The van der Waals surface area contributed by atoms with Crippen molar-refractivity contribution in [3.05, 3.63) is 18.2 Å². The second kappa shape index (κ2) is 4.20. The molecule has 1 heterocycles. The molecule has 16 heavy (non-hydrogen) atoms. The van der Waals surface area contributed by atoms with Crippen LogP contribution in [0.3, 0.4) is 0 Å². The quantitative estimate of drug-likeness (QED) is 0.562. The molecule has 4 nitrogen and oxygen atoms in total. The Morgan fingerprint density at radius 1 is 1.56 bits per heavy atom. The number of imidazole rings is 1. The highest BCUT2D eigenvalue weighted by molar-refractivity contribution is 6.09. The zero-order chi connectivity index (χ0) is 11.7. The minimum absolute atomic E-state index is 0.0775. The van der Waals surface area contributed by atoms with Gasteiger partial charge in [-0.25, -0.2) is 4.98 Å². The van der Waals surface area contributed by atoms with Gasteiger partial charge in [0.2, 0.25) is 0 Å². The lowest BCUT2D eigenvalue weighted by Crippen LogP contribution is -2.30. The Balaban J connectivity index is 2.17. The van der Waals surface area contributed by atoms with E-state index in [1.807, 2.05) is 7.05 Å². The summed E-state index contributed by atoms with van der Waals surface area (Å²) in [5.74, 6) is -0.0417. The molecule has 0 saturated heterocycles. The highest BCUT2D eigenvalue weighted by Gasteiger charge is 2.33. The maximum absolute atomic E-state index is 12.1. The third-order valence-electron chi connectivity index (χ3n) is 3.18. The standard InChI is InChI=1S/C12H16N2O2/c1-8-3-4-11(15)9(5-8)12(16)10-6-14(2)7-13-10/h6-9H,3-5H2,1-2H3. The third kappa shape index (κ3) is 2.05. The average molecular weight is 220 g/mol. The summed E-state index contributed by atoms with van der Waals surface area (Å²) < 4.78 is 1.73. The maximum Gasteiger partial charge on any atom is 0.193 e. The minimum atomic E-state index is -0.460. The molecule has 0 N–H and O–H groups in total. The van der Waals surface area contributed by atoms with E-state index in [1.165, 1.54) is 0 Å². The van der Waals surface area contributed by atoms with Crippen LogP contribution in [0.5, 0.6) is 0 Å². The molecule has 0 spiro atoms. The lowest BCUT2D eigenvalue weighted by atomic mass is 9.79. The van der Waals surface area contributed by atoms with E-state index >= 15 is 0 Å². The van der Waals surface area contributed by atoms with Crippen molar-refractivity contribution in [2.24, 2.45) is 18.9 Å². The van der Waals surface area contributed by atoms with Gasteiger partial charge in [-0.05, 0) is 18.8 Å². The second-order valence-corrected chi connectivity index (χ2v) is 4.69. The highest BCUT2D eigenvalue weighted by Crippen LogP contribution is 2.28. The van der Waals surface area contributed by atoms with Gasteiger partial charge in [-0.15, -0.1) is 0 Å². The Kier molecular flexibility index (Phi) is 2.90. The van der Waals surface area contributed by atoms with E-state index in [4.69, 9.17) is 0 Å². The van der Waals surface area contributed by atoms with Crippen LogP contribution >= 0.6 is 0 Å². The SMILES string of the molecule is CC1CCC(=O)C(C(=O)c2cn(C)cn2)C1. The molecule has 2 rings (SSSR count). The van der Waals surface area contributed by atoms with Gasteiger partial charge < -0.3 is 4.57 Å². The van der Waals surface area contributed by atoms with Crippen LogP contribution < -0.4 is 0 Å². The molecule has 2 atom stereocenters. The first-order chi connectivity index (χ1) is 7.58. The number of aryl methyl sites for hydroxylation is 1. The highest BCUT2D eigenvalue weighted by atomic mass is 16.2. The molecule has 0 aromatic carbocycles. The van der Waals surface area contributed by atoms with Gasteiger partial charge in [-0.1, -0.05) is 6.92 Å². The number of hydrogen-bond donors (Lipinski definition) is 0. The molecule has 0 radical (unpaired) electrons. The Bertz CT molecular complexity index is 422. The van der Waals surface area contributed by atoms with Crippen LogP contribution in [-0.2, 0) is 11.8 Å². The molecule has 86 valence electrons. The molecule has 1 saturated carbocycles. The fraction of sp³-hybridized carbons (Fsp3) is 0.583. The van der Waals surface area contributed by atoms with Crippen molar-refractivity contribution in [3.8, 4) is 0 Å². The predicted octanol–water partition coefficient (Wildman–Crippen LogP) is 1.61. The molecular formula is C12H16N2O2. The summed E-state index contributed by atoms with van der Waals surface area (Å²) >= 11 is 0. The number of hydrogen-bond acceptors (Lipinski definition) is 3. The number of nitrogens with zero attached hydrogens (tertiary/aromatic N) is 2. The van der Waals surface area contributed by atoms with Crippen molar-refractivity contribution < 1.29 is 9.59 Å². The lowest BCUT2D eigenvalue weighted by Gasteiger charge is -2.23. The van der Waals surface area contributed by atoms with Crippen LogP contribution in [0.25, 0.3) is 0 Å². The van der Waals surface area contributed by atoms with Crippen LogP contribution in [0.1, 0.15) is 36.7 Å². The van der Waals surface area contributed by atoms with Gasteiger partial charge in [-0.2, -0.15) is 0 Å². The van der Waals surface area contributed by atoms with Crippen molar-refractivity contribution in [1.29, 1.82) is 0 Å². The van der Waals surface area contributed by atoms with Gasteiger partial charge in [0.1, 0.15) is 11.5 Å². The van der Waals surface area contributed by atoms with Crippen LogP contribution in [0.15, 0.2) is 12.5 Å². The van der Waals surface area contributed by atoms with Crippen LogP contribution in [-0.4, -0.2) is 21.1 Å². The largest absolute Gasteiger partial charge is 0.340 e. The van der Waals surface area contributed by atoms with Crippen molar-refractivity contribution in [1.82, 2.24) is 9.55 Å². The zero-order valence-electron chi connectivity index (χ0n) is 9.64. The summed E-state index contributed by atoms with van der Waals surface area (Å²) in [6.07, 6.45) is 5.38. The number of carbonyl (C=O) groups excluding carboxylic acids is 2. The van der Waals surface area contributed by atoms with Gasteiger partial charge >= 0.3 is 0 Å². The fourth-order valence-electron chi connectivity index (χ4n) is 2.19. The Morgan fingerprint density at radius 3 is 2.94 bits per heavy atom. The first-order valence-corrected chi connectivity index (χ1v) is 5.63. The van der Waals surface area contributed by atoms with Gasteiger partial charge in [0.25, 0.3) is 0 Å². The number of Topliss-reactive ketones (excluding diaryl/α,β-unsaturated/α-hetero) is 2. The Labute approximate surface area is 94.7 Å². The lowest BCUT2D eigenvalue weighted by molar-refractivity contribution is -0.123. The molecule has 2 unspecified atom stereocenters. The van der Waals surface area contributed by atoms with E-state index in [2.05, 4.69) is 11.9 Å². The van der Waals surface area contributed by atoms with Crippen molar-refractivity contribution in [2.75, 3.05) is 0 Å². The monoisotopic (exact) mass is 220 g/mol. The Morgan fingerprint density at radius 2 is 2.31 bits per heavy atom. The minimum Gasteiger partial charge on any atom is -0.340 e. The molecule has 1 fully saturated rings. The molecule has 1 aromatic rings. The van der Waals surface area contributed by atoms with Gasteiger partial charge in [-0.3, -0.25) is 9.59 Å². The van der Waals surface area contributed by atoms with E-state index in [-0.39, 0.29) is 11.6 Å². The number of aromatic nitrogens is 2. The third-order valence-corrected chi connectivity index (χ3v) is 3.18. The molecule has 0 aliphatic heterocycles. The summed E-state index contributed by atoms with van der Waals surface area (Å²) in [7, 11) is 1.81. The topological polar surface area (TPSA) is 52.0 Å². The first kappa shape index (κ1) is 11.0. The molecular weight excluding hydrogens is 204 g/mol. The number of ketones is 2. The second-order valence-electron chi connectivity index (χ2n) is 4.69. The summed E-state index contributed by atoms with van der Waals surface area (Å²) in [5.41, 5.74) is 0.412. The van der Waals surface area contributed by atoms with Gasteiger partial charge in [0, 0.05) is 19.7 Å². The van der Waals surface area contributed by atoms with Crippen LogP contribution in [0, 0.1) is 11.8 Å². The number of carbonyl (C=O) groups is 2. The molecule has 1 aliphatic carbocycles. The van der Waals surface area contributed by atoms with Crippen molar-refractivity contribution in [3.63, 3.8) is 0 Å². The molecule has 0 bridgehead atoms. The maximum atomic E-state index is 12.1. The summed E-state index contributed by atoms with van der Waals surface area (Å²) in [6.45, 7) is 2.09. The molecule has 1 aromatic heterocycles. The molecule has 0 amide bonds. The van der Waals surface area contributed by atoms with E-state index in [0.29, 0.717) is 24.5 Å². The smallest absolute Gasteiger partial charge is 0.193 e. The summed E-state index contributed by atoms with van der Waals surface area (Å²) in [6, 6.07) is 0. The van der Waals surface area contributed by atoms with E-state index in [1.54, 1.807) is 17.1 Å². The predicted molar refractivity (Wildman–Crippen MR) is 59.1 cm³/mol. The van der Waals surface area contributed by atoms with E-state index in [0.717, 1.165) is 6.42 Å². The van der Waals surface area contributed by atoms with E-state index < -0.39 is 5.92 Å². The van der Waals surface area contributed by atoms with Crippen LogP contribution in [0.2, 0.25) is 0 Å². The molecule has 1 aliphatic rings. The fourth-order valence-corrected chi connectivity index (χ4v) is 2.19. The number of rotatable bonds is 2. The zero-order valence-corrected chi connectivity index (χ0v) is 9.64. The van der Waals surface area contributed by atoms with Crippen molar-refractivity contribution >= 4 is 11.6 Å². The van der Waals surface area contributed by atoms with Crippen LogP contribution in [0.4, 0.5) is 0 Å². The normalized spacial score (nSPS) is 25.8. The van der Waals surface area contributed by atoms with Gasteiger partial charge in [0.15, 0.2) is 5.78 Å². The Hall–Kier alpha value is -1.45. The molecule has 4 heteroatoms.